The smallest absolute Gasteiger partial charge is 0.0791 e. The summed E-state index contributed by atoms with van der Waals surface area (Å²) in [7, 11) is 2.11. The summed E-state index contributed by atoms with van der Waals surface area (Å²) in [4.78, 5) is 2.28. The molecule has 1 atom stereocenters. The van der Waals surface area contributed by atoms with E-state index in [-0.39, 0.29) is 6.10 Å². The van der Waals surface area contributed by atoms with Crippen LogP contribution < -0.4 is 5.32 Å². The van der Waals surface area contributed by atoms with Crippen LogP contribution in [0.3, 0.4) is 0 Å². The lowest BCUT2D eigenvalue weighted by Gasteiger charge is -2.35. The van der Waals surface area contributed by atoms with Crippen molar-refractivity contribution in [2.45, 2.75) is 38.3 Å². The average Bonchev–Trinajstić information content (AvgIpc) is 1.97. The third-order valence-electron chi connectivity index (χ3n) is 2.83. The van der Waals surface area contributed by atoms with Crippen molar-refractivity contribution in [3.05, 3.63) is 0 Å². The highest BCUT2D eigenvalue weighted by atomic mass is 16.3. The van der Waals surface area contributed by atoms with Crippen molar-refractivity contribution in [3.63, 3.8) is 0 Å². The molecule has 0 aromatic heterocycles. The minimum absolute atomic E-state index is 0.217. The number of nitrogens with one attached hydrogen (secondary N) is 1. The summed E-state index contributed by atoms with van der Waals surface area (Å²) >= 11 is 0. The summed E-state index contributed by atoms with van der Waals surface area (Å²) in [5, 5.41) is 12.8. The van der Waals surface area contributed by atoms with Crippen molar-refractivity contribution in [3.8, 4) is 0 Å². The first-order valence-electron chi connectivity index (χ1n) is 5.33. The Balaban J connectivity index is 2.07. The molecular weight excluding hydrogens is 164 g/mol. The Morgan fingerprint density at radius 2 is 2.23 bits per heavy atom. The number of rotatable bonds is 6. The Morgan fingerprint density at radius 1 is 1.54 bits per heavy atom. The third kappa shape index (κ3) is 3.63. The maximum absolute atomic E-state index is 9.62. The largest absolute Gasteiger partial charge is 0.390 e. The molecule has 1 aliphatic carbocycles. The third-order valence-corrected chi connectivity index (χ3v) is 2.83. The van der Waals surface area contributed by atoms with Crippen molar-refractivity contribution >= 4 is 0 Å². The van der Waals surface area contributed by atoms with Gasteiger partial charge in [-0.15, -0.1) is 0 Å². The first-order chi connectivity index (χ1) is 6.24. The van der Waals surface area contributed by atoms with Gasteiger partial charge in [0.1, 0.15) is 0 Å². The van der Waals surface area contributed by atoms with Crippen LogP contribution in [-0.4, -0.2) is 48.8 Å². The molecule has 0 bridgehead atoms. The zero-order valence-electron chi connectivity index (χ0n) is 8.79. The van der Waals surface area contributed by atoms with Gasteiger partial charge in [0.2, 0.25) is 0 Å². The molecular formula is C10H22N2O. The lowest BCUT2D eigenvalue weighted by molar-refractivity contribution is 0.0777. The van der Waals surface area contributed by atoms with Crippen molar-refractivity contribution in [2.75, 3.05) is 26.7 Å². The van der Waals surface area contributed by atoms with E-state index in [0.29, 0.717) is 6.54 Å². The van der Waals surface area contributed by atoms with Gasteiger partial charge in [-0.25, -0.2) is 0 Å². The summed E-state index contributed by atoms with van der Waals surface area (Å²) in [6, 6.07) is 0.733. The monoisotopic (exact) mass is 186 g/mol. The topological polar surface area (TPSA) is 35.5 Å². The van der Waals surface area contributed by atoms with E-state index in [2.05, 4.69) is 24.2 Å². The van der Waals surface area contributed by atoms with Crippen LogP contribution >= 0.6 is 0 Å². The number of likely N-dealkylation sites (N-methyl/N-ethyl adjacent to an activating group) is 2. The first-order valence-corrected chi connectivity index (χ1v) is 5.33. The molecule has 0 heterocycles. The Kier molecular flexibility index (Phi) is 4.70. The molecule has 0 radical (unpaired) electrons. The standard InChI is InChI=1S/C10H22N2O/c1-3-11-7-10(13)8-12(2)9-5-4-6-9/h9-11,13H,3-8H2,1-2H3. The fourth-order valence-corrected chi connectivity index (χ4v) is 1.68. The highest BCUT2D eigenvalue weighted by molar-refractivity contribution is 4.79. The first kappa shape index (κ1) is 11.0. The molecule has 78 valence electrons. The fraction of sp³-hybridized carbons (Fsp3) is 1.00. The lowest BCUT2D eigenvalue weighted by Crippen LogP contribution is -2.44. The Labute approximate surface area is 81.1 Å². The molecule has 0 aliphatic heterocycles. The van der Waals surface area contributed by atoms with Crippen LogP contribution in [0, 0.1) is 0 Å². The van der Waals surface area contributed by atoms with E-state index in [1.54, 1.807) is 0 Å². The zero-order valence-corrected chi connectivity index (χ0v) is 8.79. The van der Waals surface area contributed by atoms with E-state index in [0.717, 1.165) is 19.1 Å². The minimum atomic E-state index is -0.217. The molecule has 3 heteroatoms. The molecule has 1 rings (SSSR count). The molecule has 0 aromatic carbocycles. The van der Waals surface area contributed by atoms with Gasteiger partial charge in [0, 0.05) is 19.1 Å². The van der Waals surface area contributed by atoms with Gasteiger partial charge < -0.3 is 15.3 Å². The van der Waals surface area contributed by atoms with Gasteiger partial charge in [-0.2, -0.15) is 0 Å². The summed E-state index contributed by atoms with van der Waals surface area (Å²) < 4.78 is 0. The van der Waals surface area contributed by atoms with Gasteiger partial charge in [-0.1, -0.05) is 13.3 Å². The maximum Gasteiger partial charge on any atom is 0.0791 e. The van der Waals surface area contributed by atoms with Crippen molar-refractivity contribution in [2.24, 2.45) is 0 Å². The van der Waals surface area contributed by atoms with Gasteiger partial charge in [0.05, 0.1) is 6.10 Å². The predicted octanol–water partition coefficient (Wildman–Crippen LogP) is 0.441. The highest BCUT2D eigenvalue weighted by Gasteiger charge is 2.23. The van der Waals surface area contributed by atoms with Crippen LogP contribution in [-0.2, 0) is 0 Å². The van der Waals surface area contributed by atoms with E-state index < -0.39 is 0 Å². The molecule has 0 aromatic rings. The lowest BCUT2D eigenvalue weighted by atomic mass is 9.92. The second-order valence-corrected chi connectivity index (χ2v) is 3.99. The van der Waals surface area contributed by atoms with Crippen LogP contribution in [0.15, 0.2) is 0 Å². The van der Waals surface area contributed by atoms with Crippen LogP contribution in [0.5, 0.6) is 0 Å². The molecule has 1 aliphatic rings. The normalized spacial score (nSPS) is 20.3. The number of hydrogen-bond acceptors (Lipinski definition) is 3. The second-order valence-electron chi connectivity index (χ2n) is 3.99. The predicted molar refractivity (Wildman–Crippen MR) is 54.8 cm³/mol. The molecule has 0 saturated heterocycles. The molecule has 2 N–H and O–H groups in total. The van der Waals surface area contributed by atoms with E-state index in [9.17, 15) is 5.11 Å². The molecule has 13 heavy (non-hydrogen) atoms. The molecule has 3 nitrogen and oxygen atoms in total. The van der Waals surface area contributed by atoms with Crippen LogP contribution in [0.2, 0.25) is 0 Å². The van der Waals surface area contributed by atoms with Crippen molar-refractivity contribution < 1.29 is 5.11 Å². The number of aliphatic hydroxyl groups excluding tert-OH is 1. The highest BCUT2D eigenvalue weighted by Crippen LogP contribution is 2.23. The SMILES string of the molecule is CCNCC(O)CN(C)C1CCC1. The zero-order chi connectivity index (χ0) is 9.68. The molecule has 0 spiro atoms. The van der Waals surface area contributed by atoms with Crippen molar-refractivity contribution in [1.29, 1.82) is 0 Å². The summed E-state index contributed by atoms with van der Waals surface area (Å²) in [5.74, 6) is 0. The Hall–Kier alpha value is -0.120. The average molecular weight is 186 g/mol. The van der Waals surface area contributed by atoms with E-state index >= 15 is 0 Å². The van der Waals surface area contributed by atoms with Gasteiger partial charge in [-0.05, 0) is 26.4 Å². The summed E-state index contributed by atoms with van der Waals surface area (Å²) in [6.45, 7) is 4.51. The van der Waals surface area contributed by atoms with Gasteiger partial charge in [-0.3, -0.25) is 0 Å². The molecule has 1 saturated carbocycles. The quantitative estimate of drug-likeness (QED) is 0.632. The second kappa shape index (κ2) is 5.58. The number of nitrogens with zero attached hydrogens (tertiary/aromatic N) is 1. The van der Waals surface area contributed by atoms with Crippen LogP contribution in [0.4, 0.5) is 0 Å². The van der Waals surface area contributed by atoms with Crippen LogP contribution in [0.25, 0.3) is 0 Å². The number of aliphatic hydroxyl groups is 1. The molecule has 1 fully saturated rings. The van der Waals surface area contributed by atoms with E-state index in [4.69, 9.17) is 0 Å². The van der Waals surface area contributed by atoms with E-state index in [1.807, 2.05) is 0 Å². The van der Waals surface area contributed by atoms with Crippen molar-refractivity contribution in [1.82, 2.24) is 10.2 Å². The Bertz CT molecular complexity index is 137. The van der Waals surface area contributed by atoms with Gasteiger partial charge in [0.15, 0.2) is 0 Å². The molecule has 0 amide bonds. The molecule has 1 unspecified atom stereocenters. The van der Waals surface area contributed by atoms with Crippen LogP contribution in [0.1, 0.15) is 26.2 Å². The maximum atomic E-state index is 9.62. The Morgan fingerprint density at radius 3 is 2.69 bits per heavy atom. The fourth-order valence-electron chi connectivity index (χ4n) is 1.68. The van der Waals surface area contributed by atoms with Gasteiger partial charge in [0.25, 0.3) is 0 Å². The summed E-state index contributed by atoms with van der Waals surface area (Å²) in [6.07, 6.45) is 3.76. The number of hydrogen-bond donors (Lipinski definition) is 2. The minimum Gasteiger partial charge on any atom is -0.390 e. The summed E-state index contributed by atoms with van der Waals surface area (Å²) in [5.41, 5.74) is 0. The van der Waals surface area contributed by atoms with E-state index in [1.165, 1.54) is 19.3 Å². The van der Waals surface area contributed by atoms with Gasteiger partial charge >= 0.3 is 0 Å².